The lowest BCUT2D eigenvalue weighted by atomic mass is 10.1. The minimum Gasteiger partial charge on any atom is -0.462 e. The number of rotatable bonds is 7. The standard InChI is InChI=1S/C13H21N3O3S/c1-4-19-13(18)10-9(14)8(11(15)17)12(20-10)16-6-5-7(2)3/h7,16H,4-6,14H2,1-3H3,(H2,15,17). The molecule has 0 aliphatic carbocycles. The van der Waals surface area contributed by atoms with Gasteiger partial charge < -0.3 is 21.5 Å². The van der Waals surface area contributed by atoms with Crippen molar-refractivity contribution in [3.63, 3.8) is 0 Å². The SMILES string of the molecule is CCOC(=O)c1sc(NCCC(C)C)c(C(N)=O)c1N. The number of esters is 1. The first-order valence-electron chi connectivity index (χ1n) is 6.51. The molecule has 6 nitrogen and oxygen atoms in total. The van der Waals surface area contributed by atoms with Crippen LogP contribution in [0.25, 0.3) is 0 Å². The molecule has 0 saturated heterocycles. The predicted molar refractivity (Wildman–Crippen MR) is 81.2 cm³/mol. The highest BCUT2D eigenvalue weighted by Crippen LogP contribution is 2.36. The molecule has 0 aliphatic heterocycles. The second-order valence-electron chi connectivity index (χ2n) is 4.74. The molecule has 1 amide bonds. The topological polar surface area (TPSA) is 107 Å². The summed E-state index contributed by atoms with van der Waals surface area (Å²) in [6, 6.07) is 0. The summed E-state index contributed by atoms with van der Waals surface area (Å²) in [4.78, 5) is 23.5. The van der Waals surface area contributed by atoms with Gasteiger partial charge in [-0.15, -0.1) is 11.3 Å². The highest BCUT2D eigenvalue weighted by atomic mass is 32.1. The number of carbonyl (C=O) groups excluding carboxylic acids is 2. The van der Waals surface area contributed by atoms with Crippen LogP contribution in [0.3, 0.4) is 0 Å². The highest BCUT2D eigenvalue weighted by molar-refractivity contribution is 7.19. The second-order valence-corrected chi connectivity index (χ2v) is 5.76. The highest BCUT2D eigenvalue weighted by Gasteiger charge is 2.24. The third-order valence-corrected chi connectivity index (χ3v) is 3.80. The van der Waals surface area contributed by atoms with Crippen molar-refractivity contribution in [2.75, 3.05) is 24.2 Å². The predicted octanol–water partition coefficient (Wildman–Crippen LogP) is 2.06. The first-order chi connectivity index (χ1) is 9.38. The van der Waals surface area contributed by atoms with Crippen molar-refractivity contribution in [3.8, 4) is 0 Å². The number of thiophene rings is 1. The lowest BCUT2D eigenvalue weighted by molar-refractivity contribution is 0.0533. The van der Waals surface area contributed by atoms with Crippen LogP contribution in [-0.2, 0) is 4.74 Å². The molecule has 0 spiro atoms. The molecular weight excluding hydrogens is 278 g/mol. The van der Waals surface area contributed by atoms with Gasteiger partial charge in [0.2, 0.25) is 0 Å². The van der Waals surface area contributed by atoms with Crippen LogP contribution in [0.1, 0.15) is 47.2 Å². The largest absolute Gasteiger partial charge is 0.462 e. The van der Waals surface area contributed by atoms with Gasteiger partial charge in [-0.1, -0.05) is 13.8 Å². The maximum Gasteiger partial charge on any atom is 0.350 e. The van der Waals surface area contributed by atoms with E-state index in [1.54, 1.807) is 6.92 Å². The number of ether oxygens (including phenoxy) is 1. The van der Waals surface area contributed by atoms with E-state index in [0.29, 0.717) is 17.5 Å². The summed E-state index contributed by atoms with van der Waals surface area (Å²) in [5, 5.41) is 3.64. The second kappa shape index (κ2) is 7.14. The van der Waals surface area contributed by atoms with E-state index in [9.17, 15) is 9.59 Å². The minimum atomic E-state index is -0.652. The number of nitrogens with one attached hydrogen (secondary N) is 1. The summed E-state index contributed by atoms with van der Waals surface area (Å²) in [6.07, 6.45) is 0.935. The fraction of sp³-hybridized carbons (Fsp3) is 0.538. The molecule has 1 rings (SSSR count). The minimum absolute atomic E-state index is 0.0907. The van der Waals surface area contributed by atoms with E-state index in [2.05, 4.69) is 19.2 Å². The number of nitrogens with two attached hydrogens (primary N) is 2. The van der Waals surface area contributed by atoms with Crippen LogP contribution in [0.15, 0.2) is 0 Å². The zero-order chi connectivity index (χ0) is 15.3. The molecule has 112 valence electrons. The van der Waals surface area contributed by atoms with Crippen LogP contribution in [0.4, 0.5) is 10.7 Å². The molecule has 0 fully saturated rings. The molecule has 20 heavy (non-hydrogen) atoms. The molecule has 1 aromatic rings. The molecule has 0 aliphatic rings. The van der Waals surface area contributed by atoms with E-state index in [1.807, 2.05) is 0 Å². The van der Waals surface area contributed by atoms with E-state index >= 15 is 0 Å². The molecule has 0 saturated carbocycles. The zero-order valence-electron chi connectivity index (χ0n) is 12.0. The average molecular weight is 299 g/mol. The van der Waals surface area contributed by atoms with Crippen molar-refractivity contribution in [3.05, 3.63) is 10.4 Å². The van der Waals surface area contributed by atoms with Crippen LogP contribution < -0.4 is 16.8 Å². The Labute approximate surface area is 122 Å². The third kappa shape index (κ3) is 3.86. The van der Waals surface area contributed by atoms with Gasteiger partial charge in [0.1, 0.15) is 9.88 Å². The summed E-state index contributed by atoms with van der Waals surface area (Å²) in [5.74, 6) is -0.655. The number of carbonyl (C=O) groups is 2. The summed E-state index contributed by atoms with van der Waals surface area (Å²) in [6.45, 7) is 6.84. The lowest BCUT2D eigenvalue weighted by Crippen LogP contribution is -2.16. The normalized spacial score (nSPS) is 10.6. The summed E-state index contributed by atoms with van der Waals surface area (Å²) in [7, 11) is 0. The zero-order valence-corrected chi connectivity index (χ0v) is 12.8. The Balaban J connectivity index is 3.00. The molecule has 7 heteroatoms. The third-order valence-electron chi connectivity index (χ3n) is 2.66. The van der Waals surface area contributed by atoms with Crippen LogP contribution >= 0.6 is 11.3 Å². The molecule has 0 atom stereocenters. The van der Waals surface area contributed by atoms with Crippen LogP contribution in [0.2, 0.25) is 0 Å². The Morgan fingerprint density at radius 1 is 1.40 bits per heavy atom. The summed E-state index contributed by atoms with van der Waals surface area (Å²) in [5.41, 5.74) is 11.4. The van der Waals surface area contributed by atoms with Crippen LogP contribution in [-0.4, -0.2) is 25.0 Å². The van der Waals surface area contributed by atoms with Gasteiger partial charge in [-0.3, -0.25) is 4.79 Å². The van der Waals surface area contributed by atoms with Gasteiger partial charge in [0.25, 0.3) is 5.91 Å². The van der Waals surface area contributed by atoms with Gasteiger partial charge in [-0.05, 0) is 19.3 Å². The van der Waals surface area contributed by atoms with Gasteiger partial charge in [0.05, 0.1) is 17.9 Å². The first-order valence-corrected chi connectivity index (χ1v) is 7.33. The first kappa shape index (κ1) is 16.3. The Morgan fingerprint density at radius 3 is 2.55 bits per heavy atom. The Bertz CT molecular complexity index is 497. The maximum absolute atomic E-state index is 11.8. The number of anilines is 2. The number of amides is 1. The molecule has 0 bridgehead atoms. The fourth-order valence-electron chi connectivity index (χ4n) is 1.64. The summed E-state index contributed by atoms with van der Waals surface area (Å²) >= 11 is 1.10. The molecule has 5 N–H and O–H groups in total. The van der Waals surface area contributed by atoms with Gasteiger partial charge in [0, 0.05) is 6.54 Å². The smallest absolute Gasteiger partial charge is 0.350 e. The van der Waals surface area contributed by atoms with E-state index in [0.717, 1.165) is 17.8 Å². The van der Waals surface area contributed by atoms with Gasteiger partial charge >= 0.3 is 5.97 Å². The molecule has 0 radical (unpaired) electrons. The molecule has 1 heterocycles. The number of hydrogen-bond acceptors (Lipinski definition) is 6. The van der Waals surface area contributed by atoms with E-state index < -0.39 is 11.9 Å². The summed E-state index contributed by atoms with van der Waals surface area (Å²) < 4.78 is 4.91. The van der Waals surface area contributed by atoms with Crippen molar-refractivity contribution >= 4 is 33.9 Å². The molecule has 0 aromatic carbocycles. The monoisotopic (exact) mass is 299 g/mol. The maximum atomic E-state index is 11.8. The average Bonchev–Trinajstić information content (AvgIpc) is 2.66. The quantitative estimate of drug-likeness (QED) is 0.668. The Kier molecular flexibility index (Phi) is 5.82. The van der Waals surface area contributed by atoms with Crippen molar-refractivity contribution in [2.24, 2.45) is 11.7 Å². The lowest BCUT2D eigenvalue weighted by Gasteiger charge is -2.07. The van der Waals surface area contributed by atoms with E-state index in [4.69, 9.17) is 16.2 Å². The van der Waals surface area contributed by atoms with Crippen LogP contribution in [0.5, 0.6) is 0 Å². The van der Waals surface area contributed by atoms with Crippen LogP contribution in [0, 0.1) is 5.92 Å². The number of hydrogen-bond donors (Lipinski definition) is 3. The van der Waals surface area contributed by atoms with Crippen molar-refractivity contribution < 1.29 is 14.3 Å². The number of nitrogen functional groups attached to an aromatic ring is 1. The molecule has 1 aromatic heterocycles. The molecule has 0 unspecified atom stereocenters. The van der Waals surface area contributed by atoms with Crippen molar-refractivity contribution in [2.45, 2.75) is 27.2 Å². The van der Waals surface area contributed by atoms with Crippen molar-refractivity contribution in [1.29, 1.82) is 0 Å². The Morgan fingerprint density at radius 2 is 2.05 bits per heavy atom. The Hall–Kier alpha value is -1.76. The van der Waals surface area contributed by atoms with E-state index in [-0.39, 0.29) is 22.7 Å². The van der Waals surface area contributed by atoms with Gasteiger partial charge in [0.15, 0.2) is 0 Å². The van der Waals surface area contributed by atoms with E-state index in [1.165, 1.54) is 0 Å². The number of primary amides is 1. The van der Waals surface area contributed by atoms with Gasteiger partial charge in [-0.2, -0.15) is 0 Å². The molecular formula is C13H21N3O3S. The van der Waals surface area contributed by atoms with Gasteiger partial charge in [-0.25, -0.2) is 4.79 Å². The fourth-order valence-corrected chi connectivity index (χ4v) is 2.68. The van der Waals surface area contributed by atoms with Crippen molar-refractivity contribution in [1.82, 2.24) is 0 Å².